The monoisotopic (exact) mass is 457 g/mol. The smallest absolute Gasteiger partial charge is 0.269 e. The molecule has 168 valence electrons. The van der Waals surface area contributed by atoms with E-state index in [2.05, 4.69) is 25.7 Å². The Balaban J connectivity index is 1.60. The maximum absolute atomic E-state index is 12.1. The summed E-state index contributed by atoms with van der Waals surface area (Å²) >= 11 is 1.43. The van der Waals surface area contributed by atoms with Gasteiger partial charge in [-0.15, -0.1) is 0 Å². The number of ether oxygens (including phenoxy) is 1. The number of thioether (sulfide) groups is 1. The van der Waals surface area contributed by atoms with E-state index in [1.54, 1.807) is 36.2 Å². The average Bonchev–Trinajstić information content (AvgIpc) is 3.21. The van der Waals surface area contributed by atoms with E-state index in [0.717, 1.165) is 5.39 Å². The van der Waals surface area contributed by atoms with Gasteiger partial charge in [-0.1, -0.05) is 11.8 Å². The summed E-state index contributed by atoms with van der Waals surface area (Å²) in [6, 6.07) is 5.95. The summed E-state index contributed by atoms with van der Waals surface area (Å²) in [5.74, 6) is 0.416. The summed E-state index contributed by atoms with van der Waals surface area (Å²) < 4.78 is 6.79. The van der Waals surface area contributed by atoms with Crippen molar-refractivity contribution >= 4 is 46.3 Å². The van der Waals surface area contributed by atoms with Crippen LogP contribution in [0, 0.1) is 10.1 Å². The number of nitro groups is 1. The van der Waals surface area contributed by atoms with Crippen molar-refractivity contribution in [3.8, 4) is 0 Å². The third-order valence-electron chi connectivity index (χ3n) is 4.41. The Bertz CT molecular complexity index is 1120. The Morgan fingerprint density at radius 3 is 2.75 bits per heavy atom. The quantitative estimate of drug-likeness (QED) is 0.111. The van der Waals surface area contributed by atoms with E-state index < -0.39 is 4.92 Å². The highest BCUT2D eigenvalue weighted by Crippen LogP contribution is 2.23. The number of nitrogens with one attached hydrogen (secondary N) is 2. The number of amides is 1. The van der Waals surface area contributed by atoms with Gasteiger partial charge in [-0.25, -0.2) is 14.6 Å². The second-order valence-corrected chi connectivity index (χ2v) is 7.33. The lowest BCUT2D eigenvalue weighted by Crippen LogP contribution is -2.25. The maximum Gasteiger partial charge on any atom is 0.269 e. The molecule has 11 nitrogen and oxygen atoms in total. The van der Waals surface area contributed by atoms with Crippen molar-refractivity contribution in [2.45, 2.75) is 11.7 Å². The first kappa shape index (κ1) is 23.2. The molecule has 2 N–H and O–H groups in total. The third kappa shape index (κ3) is 6.02. The summed E-state index contributed by atoms with van der Waals surface area (Å²) in [4.78, 5) is 31.4. The molecule has 0 aliphatic heterocycles. The molecule has 2 aromatic heterocycles. The van der Waals surface area contributed by atoms with Crippen molar-refractivity contribution in [1.82, 2.24) is 25.1 Å². The van der Waals surface area contributed by atoms with Gasteiger partial charge in [0.15, 0.2) is 10.8 Å². The molecule has 1 aromatic carbocycles. The van der Waals surface area contributed by atoms with Gasteiger partial charge in [0.05, 0.1) is 29.7 Å². The molecule has 0 aliphatic rings. The van der Waals surface area contributed by atoms with Crippen LogP contribution in [0.5, 0.6) is 0 Å². The number of nitrogens with zero attached hydrogens (tertiary/aromatic N) is 5. The van der Waals surface area contributed by atoms with Crippen LogP contribution in [0.25, 0.3) is 17.1 Å². The van der Waals surface area contributed by atoms with Crippen LogP contribution in [0.4, 0.5) is 11.5 Å². The molecule has 0 radical (unpaired) electrons. The maximum atomic E-state index is 12.1. The van der Waals surface area contributed by atoms with Gasteiger partial charge in [-0.3, -0.25) is 14.9 Å². The van der Waals surface area contributed by atoms with E-state index in [1.165, 1.54) is 30.0 Å². The number of fused-ring (bicyclic) bond motifs is 1. The number of hydrogen-bond donors (Lipinski definition) is 2. The number of rotatable bonds is 11. The fraction of sp³-hybridized carbons (Fsp3) is 0.300. The van der Waals surface area contributed by atoms with Crippen LogP contribution < -0.4 is 10.6 Å². The Labute approximate surface area is 188 Å². The fourth-order valence-corrected chi connectivity index (χ4v) is 3.18. The van der Waals surface area contributed by atoms with Gasteiger partial charge in [0, 0.05) is 38.4 Å². The van der Waals surface area contributed by atoms with Gasteiger partial charge in [0.25, 0.3) is 5.69 Å². The van der Waals surface area contributed by atoms with Crippen LogP contribution in [-0.4, -0.2) is 63.6 Å². The second-order valence-electron chi connectivity index (χ2n) is 6.56. The van der Waals surface area contributed by atoms with Crippen LogP contribution in [0.2, 0.25) is 0 Å². The number of nitro benzene ring substituents is 1. The van der Waals surface area contributed by atoms with E-state index >= 15 is 0 Å². The highest BCUT2D eigenvalue weighted by Gasteiger charge is 2.12. The molecule has 0 aliphatic carbocycles. The summed E-state index contributed by atoms with van der Waals surface area (Å²) in [6.45, 7) is 1.95. The van der Waals surface area contributed by atoms with Gasteiger partial charge in [0.1, 0.15) is 5.82 Å². The molecule has 0 spiro atoms. The van der Waals surface area contributed by atoms with Crippen LogP contribution in [0.15, 0.2) is 41.7 Å². The van der Waals surface area contributed by atoms with Crippen molar-refractivity contribution < 1.29 is 14.5 Å². The van der Waals surface area contributed by atoms with E-state index in [4.69, 9.17) is 4.74 Å². The van der Waals surface area contributed by atoms with Crippen LogP contribution in [-0.2, 0) is 16.1 Å². The normalized spacial score (nSPS) is 11.2. The van der Waals surface area contributed by atoms with Gasteiger partial charge in [0.2, 0.25) is 5.91 Å². The first-order valence-corrected chi connectivity index (χ1v) is 10.9. The van der Waals surface area contributed by atoms with E-state index in [1.807, 2.05) is 6.26 Å². The molecule has 1 amide bonds. The lowest BCUT2D eigenvalue weighted by Gasteiger charge is -2.08. The number of non-ortho nitro benzene ring substituents is 1. The molecule has 0 atom stereocenters. The summed E-state index contributed by atoms with van der Waals surface area (Å²) in [6.07, 6.45) is 6.58. The predicted molar refractivity (Wildman–Crippen MR) is 123 cm³/mol. The molecule has 3 rings (SSSR count). The van der Waals surface area contributed by atoms with Crippen molar-refractivity contribution in [2.24, 2.45) is 0 Å². The SMILES string of the molecule is COCCNc1nc(SC)nc2c1cnn2CCNC(=O)/C=C\c1ccc([N+](=O)[O-])cc1. The number of aromatic nitrogens is 4. The summed E-state index contributed by atoms with van der Waals surface area (Å²) in [7, 11) is 1.64. The van der Waals surface area contributed by atoms with Gasteiger partial charge < -0.3 is 15.4 Å². The molecule has 3 aromatic rings. The van der Waals surface area contributed by atoms with E-state index in [0.29, 0.717) is 48.4 Å². The number of methoxy groups -OCH3 is 1. The summed E-state index contributed by atoms with van der Waals surface area (Å²) in [5.41, 5.74) is 1.38. The second kappa shape index (κ2) is 11.2. The van der Waals surface area contributed by atoms with Gasteiger partial charge in [-0.05, 0) is 30.0 Å². The van der Waals surface area contributed by atoms with Gasteiger partial charge in [-0.2, -0.15) is 5.10 Å². The minimum absolute atomic E-state index is 0.00328. The number of benzene rings is 1. The molecule has 0 unspecified atom stereocenters. The zero-order valence-corrected chi connectivity index (χ0v) is 18.5. The highest BCUT2D eigenvalue weighted by atomic mass is 32.2. The van der Waals surface area contributed by atoms with Crippen LogP contribution in [0.1, 0.15) is 5.56 Å². The predicted octanol–water partition coefficient (Wildman–Crippen LogP) is 2.34. The summed E-state index contributed by atoms with van der Waals surface area (Å²) in [5, 5.41) is 22.5. The van der Waals surface area contributed by atoms with Crippen molar-refractivity contribution in [3.63, 3.8) is 0 Å². The molecule has 0 saturated carbocycles. The number of anilines is 1. The lowest BCUT2D eigenvalue weighted by molar-refractivity contribution is -0.384. The van der Waals surface area contributed by atoms with Gasteiger partial charge >= 0.3 is 0 Å². The third-order valence-corrected chi connectivity index (χ3v) is 4.96. The minimum Gasteiger partial charge on any atom is -0.383 e. The number of carbonyl (C=O) groups excluding carboxylic acids is 1. The lowest BCUT2D eigenvalue weighted by atomic mass is 10.2. The minimum atomic E-state index is -0.467. The van der Waals surface area contributed by atoms with Crippen LogP contribution >= 0.6 is 11.8 Å². The van der Waals surface area contributed by atoms with Crippen LogP contribution in [0.3, 0.4) is 0 Å². The number of hydrogen-bond acceptors (Lipinski definition) is 9. The van der Waals surface area contributed by atoms with Crippen molar-refractivity contribution in [1.29, 1.82) is 0 Å². The standard InChI is InChI=1S/C20H23N7O4S/c1-31-12-10-22-18-16-13-23-26(19(16)25-20(24-18)32-2)11-9-21-17(28)8-5-14-3-6-15(7-4-14)27(29)30/h3-8,13H,9-12H2,1-2H3,(H,21,28)(H,22,24,25)/b8-5-. The number of carbonyl (C=O) groups is 1. The Morgan fingerprint density at radius 2 is 2.06 bits per heavy atom. The Morgan fingerprint density at radius 1 is 1.28 bits per heavy atom. The fourth-order valence-electron chi connectivity index (χ4n) is 2.82. The molecule has 2 heterocycles. The van der Waals surface area contributed by atoms with E-state index in [9.17, 15) is 14.9 Å². The first-order chi connectivity index (χ1) is 15.5. The highest BCUT2D eigenvalue weighted by molar-refractivity contribution is 7.98. The van der Waals surface area contributed by atoms with Crippen molar-refractivity contribution in [3.05, 3.63) is 52.2 Å². The molecular weight excluding hydrogens is 434 g/mol. The largest absolute Gasteiger partial charge is 0.383 e. The molecule has 32 heavy (non-hydrogen) atoms. The Hall–Kier alpha value is -3.51. The zero-order chi connectivity index (χ0) is 22.9. The zero-order valence-electron chi connectivity index (χ0n) is 17.6. The molecule has 0 saturated heterocycles. The first-order valence-electron chi connectivity index (χ1n) is 9.72. The van der Waals surface area contributed by atoms with E-state index in [-0.39, 0.29) is 11.6 Å². The molecule has 12 heteroatoms. The molecular formula is C20H23N7O4S. The molecule has 0 fully saturated rings. The topological polar surface area (TPSA) is 137 Å². The average molecular weight is 458 g/mol. The molecule has 0 bridgehead atoms. The Kier molecular flexibility index (Phi) is 8.11. The van der Waals surface area contributed by atoms with Crippen molar-refractivity contribution in [2.75, 3.05) is 38.4 Å².